The fraction of sp³-hybridized carbons (Fsp3) is 0.250. The minimum Gasteiger partial charge on any atom is -0.357 e. The Morgan fingerprint density at radius 1 is 1.03 bits per heavy atom. The van der Waals surface area contributed by atoms with E-state index in [9.17, 15) is 9.18 Å². The Labute approximate surface area is 170 Å². The van der Waals surface area contributed by atoms with E-state index in [2.05, 4.69) is 46.4 Å². The molecule has 0 bridgehead atoms. The molecule has 148 valence electrons. The summed E-state index contributed by atoms with van der Waals surface area (Å²) in [4.78, 5) is 19.1. The lowest BCUT2D eigenvalue weighted by molar-refractivity contribution is 0.102. The third kappa shape index (κ3) is 4.45. The van der Waals surface area contributed by atoms with E-state index in [1.165, 1.54) is 35.4 Å². The van der Waals surface area contributed by atoms with Gasteiger partial charge in [-0.1, -0.05) is 24.3 Å². The second kappa shape index (κ2) is 8.43. The molecule has 2 aromatic carbocycles. The molecule has 1 saturated heterocycles. The second-order valence-electron chi connectivity index (χ2n) is 7.48. The maximum Gasteiger partial charge on any atom is 0.257 e. The van der Waals surface area contributed by atoms with Gasteiger partial charge in [0.15, 0.2) is 0 Å². The molecule has 0 saturated carbocycles. The third-order valence-corrected chi connectivity index (χ3v) is 5.56. The van der Waals surface area contributed by atoms with Crippen LogP contribution in [0.2, 0.25) is 0 Å². The summed E-state index contributed by atoms with van der Waals surface area (Å²) in [6.07, 6.45) is 3.79. The van der Waals surface area contributed by atoms with Crippen LogP contribution in [0.4, 0.5) is 15.9 Å². The molecule has 1 aromatic heterocycles. The Morgan fingerprint density at radius 2 is 1.76 bits per heavy atom. The van der Waals surface area contributed by atoms with Crippen molar-refractivity contribution in [3.63, 3.8) is 0 Å². The fourth-order valence-corrected chi connectivity index (χ4v) is 3.91. The number of benzene rings is 2. The SMILES string of the molecule is Cc1ccccc1C1CCN(c2ccc(C(=O)Nc3ccc(F)cc3)cn2)CC1. The number of pyridine rings is 1. The minimum absolute atomic E-state index is 0.256. The van der Waals surface area contributed by atoms with Crippen LogP contribution >= 0.6 is 0 Å². The van der Waals surface area contributed by atoms with E-state index in [-0.39, 0.29) is 11.7 Å². The van der Waals surface area contributed by atoms with Crippen LogP contribution < -0.4 is 10.2 Å². The first kappa shape index (κ1) is 19.1. The smallest absolute Gasteiger partial charge is 0.257 e. The lowest BCUT2D eigenvalue weighted by atomic mass is 9.87. The monoisotopic (exact) mass is 389 g/mol. The standard InChI is InChI=1S/C24H24FN3O/c1-17-4-2-3-5-22(17)18-12-14-28(15-13-18)23-11-6-19(16-26-23)24(29)27-21-9-7-20(25)8-10-21/h2-11,16,18H,12-15H2,1H3,(H,27,29). The van der Waals surface area contributed by atoms with Crippen LogP contribution in [-0.4, -0.2) is 24.0 Å². The van der Waals surface area contributed by atoms with Gasteiger partial charge in [-0.15, -0.1) is 0 Å². The molecule has 1 amide bonds. The molecule has 29 heavy (non-hydrogen) atoms. The summed E-state index contributed by atoms with van der Waals surface area (Å²) in [5.74, 6) is 0.897. The molecule has 0 spiro atoms. The Morgan fingerprint density at radius 3 is 2.41 bits per heavy atom. The Hall–Kier alpha value is -3.21. The van der Waals surface area contributed by atoms with E-state index in [1.54, 1.807) is 12.3 Å². The highest BCUT2D eigenvalue weighted by atomic mass is 19.1. The summed E-state index contributed by atoms with van der Waals surface area (Å²) in [5, 5.41) is 2.75. The molecule has 0 atom stereocenters. The number of amides is 1. The summed E-state index contributed by atoms with van der Waals surface area (Å²) in [6.45, 7) is 4.08. The van der Waals surface area contributed by atoms with Crippen molar-refractivity contribution in [3.05, 3.63) is 89.4 Å². The second-order valence-corrected chi connectivity index (χ2v) is 7.48. The highest BCUT2D eigenvalue weighted by Crippen LogP contribution is 2.31. The molecule has 0 radical (unpaired) electrons. The van der Waals surface area contributed by atoms with Gasteiger partial charge in [-0.25, -0.2) is 9.37 Å². The molecular weight excluding hydrogens is 365 g/mol. The van der Waals surface area contributed by atoms with Gasteiger partial charge in [0.1, 0.15) is 11.6 Å². The molecule has 0 unspecified atom stereocenters. The number of nitrogens with one attached hydrogen (secondary N) is 1. The van der Waals surface area contributed by atoms with Gasteiger partial charge in [0, 0.05) is 25.0 Å². The van der Waals surface area contributed by atoms with Crippen molar-refractivity contribution in [2.75, 3.05) is 23.3 Å². The molecule has 1 aliphatic heterocycles. The summed E-state index contributed by atoms with van der Waals surface area (Å²) in [7, 11) is 0. The lowest BCUT2D eigenvalue weighted by Crippen LogP contribution is -2.33. The first-order valence-electron chi connectivity index (χ1n) is 9.93. The van der Waals surface area contributed by atoms with Gasteiger partial charge in [-0.3, -0.25) is 4.79 Å². The normalized spacial score (nSPS) is 14.6. The van der Waals surface area contributed by atoms with Gasteiger partial charge < -0.3 is 10.2 Å². The quantitative estimate of drug-likeness (QED) is 0.670. The summed E-state index contributed by atoms with van der Waals surface area (Å²) in [5.41, 5.74) is 3.85. The number of carbonyl (C=O) groups is 1. The van der Waals surface area contributed by atoms with Crippen molar-refractivity contribution >= 4 is 17.4 Å². The topological polar surface area (TPSA) is 45.2 Å². The number of carbonyl (C=O) groups excluding carboxylic acids is 1. The summed E-state index contributed by atoms with van der Waals surface area (Å²) >= 11 is 0. The van der Waals surface area contributed by atoms with Crippen molar-refractivity contribution in [2.45, 2.75) is 25.7 Å². The van der Waals surface area contributed by atoms with E-state index in [0.29, 0.717) is 17.2 Å². The molecule has 1 aliphatic rings. The number of halogens is 1. The third-order valence-electron chi connectivity index (χ3n) is 5.56. The van der Waals surface area contributed by atoms with Crippen LogP contribution in [0.25, 0.3) is 0 Å². The van der Waals surface area contributed by atoms with Gasteiger partial charge in [-0.05, 0) is 73.2 Å². The highest BCUT2D eigenvalue weighted by molar-refractivity contribution is 6.04. The molecule has 5 heteroatoms. The highest BCUT2D eigenvalue weighted by Gasteiger charge is 2.22. The van der Waals surface area contributed by atoms with Gasteiger partial charge in [0.25, 0.3) is 5.91 Å². The van der Waals surface area contributed by atoms with Crippen molar-refractivity contribution in [3.8, 4) is 0 Å². The Kier molecular flexibility index (Phi) is 5.56. The first-order valence-corrected chi connectivity index (χ1v) is 9.93. The van der Waals surface area contributed by atoms with E-state index in [1.807, 2.05) is 6.07 Å². The number of aryl methyl sites for hydroxylation is 1. The maximum absolute atomic E-state index is 13.0. The van der Waals surface area contributed by atoms with Gasteiger partial charge in [-0.2, -0.15) is 0 Å². The molecule has 4 rings (SSSR count). The maximum atomic E-state index is 13.0. The van der Waals surface area contributed by atoms with Crippen molar-refractivity contribution < 1.29 is 9.18 Å². The molecular formula is C24H24FN3O. The molecule has 3 aromatic rings. The number of hydrogen-bond acceptors (Lipinski definition) is 3. The van der Waals surface area contributed by atoms with Gasteiger partial charge in [0.05, 0.1) is 5.56 Å². The minimum atomic E-state index is -0.333. The van der Waals surface area contributed by atoms with Crippen molar-refractivity contribution in [2.24, 2.45) is 0 Å². The van der Waals surface area contributed by atoms with Crippen LogP contribution in [0.15, 0.2) is 66.9 Å². The average molecular weight is 389 g/mol. The van der Waals surface area contributed by atoms with Crippen LogP contribution in [0, 0.1) is 12.7 Å². The number of piperidine rings is 1. The first-order chi connectivity index (χ1) is 14.1. The zero-order valence-corrected chi connectivity index (χ0v) is 16.4. The lowest BCUT2D eigenvalue weighted by Gasteiger charge is -2.33. The molecule has 2 heterocycles. The predicted octanol–water partition coefficient (Wildman–Crippen LogP) is 5.17. The van der Waals surface area contributed by atoms with Crippen LogP contribution in [-0.2, 0) is 0 Å². The Bertz CT molecular complexity index is 978. The van der Waals surface area contributed by atoms with Crippen molar-refractivity contribution in [1.82, 2.24) is 4.98 Å². The molecule has 1 fully saturated rings. The molecule has 1 N–H and O–H groups in total. The van der Waals surface area contributed by atoms with Gasteiger partial charge in [0.2, 0.25) is 0 Å². The number of hydrogen-bond donors (Lipinski definition) is 1. The van der Waals surface area contributed by atoms with E-state index >= 15 is 0 Å². The largest absolute Gasteiger partial charge is 0.357 e. The number of rotatable bonds is 4. The van der Waals surface area contributed by atoms with Crippen LogP contribution in [0.1, 0.15) is 40.2 Å². The van der Waals surface area contributed by atoms with E-state index < -0.39 is 0 Å². The summed E-state index contributed by atoms with van der Waals surface area (Å²) in [6, 6.07) is 18.0. The zero-order valence-electron chi connectivity index (χ0n) is 16.4. The predicted molar refractivity (Wildman–Crippen MR) is 114 cm³/mol. The van der Waals surface area contributed by atoms with E-state index in [4.69, 9.17) is 0 Å². The summed E-state index contributed by atoms with van der Waals surface area (Å²) < 4.78 is 13.0. The van der Waals surface area contributed by atoms with Crippen LogP contribution in [0.5, 0.6) is 0 Å². The number of nitrogens with zero attached hydrogens (tertiary/aromatic N) is 2. The van der Waals surface area contributed by atoms with E-state index in [0.717, 1.165) is 31.7 Å². The Balaban J connectivity index is 1.36. The average Bonchev–Trinajstić information content (AvgIpc) is 2.76. The van der Waals surface area contributed by atoms with Crippen molar-refractivity contribution in [1.29, 1.82) is 0 Å². The number of anilines is 2. The zero-order chi connectivity index (χ0) is 20.2. The van der Waals surface area contributed by atoms with Crippen LogP contribution in [0.3, 0.4) is 0 Å². The molecule has 4 nitrogen and oxygen atoms in total. The molecule has 0 aliphatic carbocycles. The number of aromatic nitrogens is 1. The van der Waals surface area contributed by atoms with Gasteiger partial charge >= 0.3 is 0 Å². The fourth-order valence-electron chi connectivity index (χ4n) is 3.91.